The zero-order valence-corrected chi connectivity index (χ0v) is 6.58. The van der Waals surface area contributed by atoms with Crippen LogP contribution in [0.15, 0.2) is 12.4 Å². The van der Waals surface area contributed by atoms with Crippen molar-refractivity contribution in [1.82, 2.24) is 10.9 Å². The second kappa shape index (κ2) is 5.38. The molecule has 0 aromatic rings. The maximum Gasteiger partial charge on any atom is 0.0931 e. The summed E-state index contributed by atoms with van der Waals surface area (Å²) in [4.78, 5) is 0. The van der Waals surface area contributed by atoms with Crippen LogP contribution in [0.25, 0.3) is 0 Å². The Morgan fingerprint density at radius 3 is 2.70 bits per heavy atom. The minimum Gasteiger partial charge on any atom is -0.261 e. The minimum absolute atomic E-state index is 0.245. The fraction of sp³-hybridized carbons (Fsp3) is 0.714. The molecule has 0 saturated heterocycles. The molecule has 0 heterocycles. The highest BCUT2D eigenvalue weighted by atomic mass is 19.1. The first-order valence-electron chi connectivity index (χ1n) is 3.39. The van der Waals surface area contributed by atoms with Gasteiger partial charge < -0.3 is 0 Å². The zero-order chi connectivity index (χ0) is 7.98. The van der Waals surface area contributed by atoms with E-state index in [2.05, 4.69) is 17.4 Å². The molecule has 0 spiro atoms. The van der Waals surface area contributed by atoms with Gasteiger partial charge >= 0.3 is 0 Å². The number of hydrazine groups is 1. The van der Waals surface area contributed by atoms with Crippen molar-refractivity contribution in [2.45, 2.75) is 13.3 Å². The molecule has 2 nitrogen and oxygen atoms in total. The molecule has 0 amide bonds. The molecule has 0 fully saturated rings. The van der Waals surface area contributed by atoms with Gasteiger partial charge in [0.15, 0.2) is 0 Å². The normalized spacial score (nSPS) is 13.1. The summed E-state index contributed by atoms with van der Waals surface area (Å²) in [6.07, 6.45) is 0.439. The lowest BCUT2D eigenvalue weighted by atomic mass is 10.1. The van der Waals surface area contributed by atoms with Gasteiger partial charge in [-0.3, -0.25) is 10.9 Å². The molecule has 0 aliphatic carbocycles. The molecule has 3 heteroatoms. The van der Waals surface area contributed by atoms with Gasteiger partial charge in [-0.2, -0.15) is 0 Å². The summed E-state index contributed by atoms with van der Waals surface area (Å²) in [6, 6.07) is 0. The van der Waals surface area contributed by atoms with E-state index in [0.29, 0.717) is 12.3 Å². The highest BCUT2D eigenvalue weighted by molar-refractivity contribution is 4.82. The topological polar surface area (TPSA) is 24.1 Å². The van der Waals surface area contributed by atoms with Crippen LogP contribution in [0.2, 0.25) is 0 Å². The van der Waals surface area contributed by atoms with Crippen LogP contribution in [-0.4, -0.2) is 13.6 Å². The first-order chi connectivity index (χ1) is 4.66. The molecule has 10 heavy (non-hydrogen) atoms. The first-order valence-corrected chi connectivity index (χ1v) is 3.39. The van der Waals surface area contributed by atoms with Gasteiger partial charge in [0, 0.05) is 13.0 Å². The SMILES string of the molecule is C=C(F)CC(C)CNNC. The highest BCUT2D eigenvalue weighted by Gasteiger charge is 2.01. The largest absolute Gasteiger partial charge is 0.261 e. The van der Waals surface area contributed by atoms with E-state index in [1.165, 1.54) is 0 Å². The van der Waals surface area contributed by atoms with Crippen molar-refractivity contribution in [1.29, 1.82) is 0 Å². The van der Waals surface area contributed by atoms with Crippen molar-refractivity contribution in [2.75, 3.05) is 13.6 Å². The van der Waals surface area contributed by atoms with E-state index >= 15 is 0 Å². The summed E-state index contributed by atoms with van der Waals surface area (Å²) in [7, 11) is 1.79. The van der Waals surface area contributed by atoms with E-state index < -0.39 is 0 Å². The Bertz CT molecular complexity index is 104. The molecule has 2 N–H and O–H groups in total. The van der Waals surface area contributed by atoms with E-state index in [4.69, 9.17) is 0 Å². The van der Waals surface area contributed by atoms with Crippen LogP contribution >= 0.6 is 0 Å². The molecule has 0 aliphatic heterocycles. The Hall–Kier alpha value is -0.410. The molecule has 0 saturated carbocycles. The smallest absolute Gasteiger partial charge is 0.0931 e. The molecule has 0 aliphatic rings. The van der Waals surface area contributed by atoms with Crippen LogP contribution in [0.4, 0.5) is 4.39 Å². The predicted octanol–water partition coefficient (Wildman–Crippen LogP) is 1.22. The minimum atomic E-state index is -0.245. The Morgan fingerprint density at radius 1 is 1.70 bits per heavy atom. The quantitative estimate of drug-likeness (QED) is 0.570. The molecule has 0 aromatic carbocycles. The fourth-order valence-corrected chi connectivity index (χ4v) is 0.727. The van der Waals surface area contributed by atoms with E-state index in [0.717, 1.165) is 6.54 Å². The van der Waals surface area contributed by atoms with Crippen molar-refractivity contribution in [2.24, 2.45) is 5.92 Å². The molecule has 60 valence electrons. The highest BCUT2D eigenvalue weighted by Crippen LogP contribution is 2.08. The van der Waals surface area contributed by atoms with Gasteiger partial charge in [-0.05, 0) is 13.0 Å². The lowest BCUT2D eigenvalue weighted by Gasteiger charge is -2.09. The second-order valence-electron chi connectivity index (χ2n) is 2.46. The molecule has 0 rings (SSSR count). The summed E-state index contributed by atoms with van der Waals surface area (Å²) in [5.74, 6) is 0.0513. The Balaban J connectivity index is 3.25. The standard InChI is InChI=1S/C7H15FN2/c1-6(4-7(2)8)5-10-9-3/h6,9-10H,2,4-5H2,1,3H3. The summed E-state index contributed by atoms with van der Waals surface area (Å²) in [6.45, 7) is 5.92. The molecule has 1 unspecified atom stereocenters. The number of allylic oxidation sites excluding steroid dienone is 1. The van der Waals surface area contributed by atoms with Gasteiger partial charge in [0.2, 0.25) is 0 Å². The van der Waals surface area contributed by atoms with E-state index in [-0.39, 0.29) is 5.83 Å². The second-order valence-corrected chi connectivity index (χ2v) is 2.46. The predicted molar refractivity (Wildman–Crippen MR) is 41.1 cm³/mol. The van der Waals surface area contributed by atoms with Crippen molar-refractivity contribution in [3.63, 3.8) is 0 Å². The summed E-state index contributed by atoms with van der Waals surface area (Å²) < 4.78 is 12.1. The zero-order valence-electron chi connectivity index (χ0n) is 6.58. The number of hydrogen-bond donors (Lipinski definition) is 2. The van der Waals surface area contributed by atoms with E-state index in [1.54, 1.807) is 7.05 Å². The van der Waals surface area contributed by atoms with Gasteiger partial charge in [0.25, 0.3) is 0 Å². The van der Waals surface area contributed by atoms with Gasteiger partial charge in [-0.25, -0.2) is 4.39 Å². The van der Waals surface area contributed by atoms with Gasteiger partial charge in [-0.15, -0.1) is 0 Å². The van der Waals surface area contributed by atoms with Gasteiger partial charge in [0.05, 0.1) is 5.83 Å². The average molecular weight is 146 g/mol. The maximum atomic E-state index is 12.1. The number of hydrogen-bond acceptors (Lipinski definition) is 2. The van der Waals surface area contributed by atoms with Crippen molar-refractivity contribution >= 4 is 0 Å². The lowest BCUT2D eigenvalue weighted by molar-refractivity contribution is 0.438. The van der Waals surface area contributed by atoms with Crippen molar-refractivity contribution < 1.29 is 4.39 Å². The van der Waals surface area contributed by atoms with Crippen molar-refractivity contribution in [3.05, 3.63) is 12.4 Å². The third-order valence-electron chi connectivity index (χ3n) is 1.20. The van der Waals surface area contributed by atoms with Crippen LogP contribution in [-0.2, 0) is 0 Å². The summed E-state index contributed by atoms with van der Waals surface area (Å²) >= 11 is 0. The molecular formula is C7H15FN2. The van der Waals surface area contributed by atoms with Crippen LogP contribution in [0, 0.1) is 5.92 Å². The average Bonchev–Trinajstić information content (AvgIpc) is 1.82. The lowest BCUT2D eigenvalue weighted by Crippen LogP contribution is -2.31. The van der Waals surface area contributed by atoms with Gasteiger partial charge in [0.1, 0.15) is 0 Å². The van der Waals surface area contributed by atoms with E-state index in [1.807, 2.05) is 6.92 Å². The summed E-state index contributed by atoms with van der Waals surface area (Å²) in [5.41, 5.74) is 5.67. The third kappa shape index (κ3) is 5.72. The van der Waals surface area contributed by atoms with Crippen LogP contribution in [0.1, 0.15) is 13.3 Å². The fourth-order valence-electron chi connectivity index (χ4n) is 0.727. The number of nitrogens with one attached hydrogen (secondary N) is 2. The van der Waals surface area contributed by atoms with Crippen LogP contribution in [0.5, 0.6) is 0 Å². The Labute approximate surface area is 61.5 Å². The molecule has 0 bridgehead atoms. The Morgan fingerprint density at radius 2 is 2.30 bits per heavy atom. The summed E-state index contributed by atoms with van der Waals surface area (Å²) in [5, 5.41) is 0. The van der Waals surface area contributed by atoms with Crippen LogP contribution < -0.4 is 10.9 Å². The molecule has 0 aromatic heterocycles. The number of rotatable bonds is 5. The van der Waals surface area contributed by atoms with Crippen molar-refractivity contribution in [3.8, 4) is 0 Å². The van der Waals surface area contributed by atoms with Gasteiger partial charge in [-0.1, -0.05) is 13.5 Å². The first kappa shape index (κ1) is 9.59. The Kier molecular flexibility index (Phi) is 5.16. The molecule has 0 radical (unpaired) electrons. The van der Waals surface area contributed by atoms with Crippen LogP contribution in [0.3, 0.4) is 0 Å². The number of halogens is 1. The maximum absolute atomic E-state index is 12.1. The molecule has 1 atom stereocenters. The third-order valence-corrected chi connectivity index (χ3v) is 1.20. The molecular weight excluding hydrogens is 131 g/mol. The van der Waals surface area contributed by atoms with E-state index in [9.17, 15) is 4.39 Å². The monoisotopic (exact) mass is 146 g/mol.